The predicted octanol–water partition coefficient (Wildman–Crippen LogP) is 2.52. The second-order valence-corrected chi connectivity index (χ2v) is 6.51. The highest BCUT2D eigenvalue weighted by Crippen LogP contribution is 2.24. The Morgan fingerprint density at radius 1 is 1.33 bits per heavy atom. The molecule has 0 radical (unpaired) electrons. The lowest BCUT2D eigenvalue weighted by Crippen LogP contribution is -2.35. The number of hydrogen-bond acceptors (Lipinski definition) is 3. The van der Waals surface area contributed by atoms with Crippen molar-refractivity contribution in [1.82, 2.24) is 15.1 Å². The fraction of sp³-hybridized carbons (Fsp3) is 0.444. The Kier molecular flexibility index (Phi) is 5.15. The van der Waals surface area contributed by atoms with Gasteiger partial charge < -0.3 is 15.7 Å². The van der Waals surface area contributed by atoms with Crippen molar-refractivity contribution in [3.05, 3.63) is 47.8 Å². The average molecular weight is 328 g/mol. The number of aliphatic hydroxyl groups excluding tert-OH is 1. The maximum Gasteiger partial charge on any atom is 0.319 e. The highest BCUT2D eigenvalue weighted by atomic mass is 16.3. The van der Waals surface area contributed by atoms with Crippen molar-refractivity contribution in [1.29, 1.82) is 0 Å². The smallest absolute Gasteiger partial charge is 0.319 e. The van der Waals surface area contributed by atoms with E-state index >= 15 is 0 Å². The molecule has 1 aromatic heterocycles. The molecule has 1 aromatic carbocycles. The number of nitrogens with zero attached hydrogens (tertiary/aromatic N) is 2. The number of amides is 2. The summed E-state index contributed by atoms with van der Waals surface area (Å²) in [4.78, 5) is 11.9. The van der Waals surface area contributed by atoms with Gasteiger partial charge in [0.05, 0.1) is 18.8 Å². The highest BCUT2D eigenvalue weighted by Gasteiger charge is 2.25. The Balaban J connectivity index is 1.47. The Labute approximate surface area is 141 Å². The predicted molar refractivity (Wildman–Crippen MR) is 92.9 cm³/mol. The summed E-state index contributed by atoms with van der Waals surface area (Å²) in [5, 5.41) is 19.7. The van der Waals surface area contributed by atoms with Gasteiger partial charge in [0, 0.05) is 24.3 Å². The molecule has 0 spiro atoms. The molecule has 0 saturated heterocycles. The summed E-state index contributed by atoms with van der Waals surface area (Å²) >= 11 is 0. The van der Waals surface area contributed by atoms with Crippen LogP contribution in [0.2, 0.25) is 0 Å². The highest BCUT2D eigenvalue weighted by molar-refractivity contribution is 5.89. The Morgan fingerprint density at radius 2 is 2.12 bits per heavy atom. The number of nitrogens with one attached hydrogen (secondary N) is 2. The topological polar surface area (TPSA) is 79.2 Å². The van der Waals surface area contributed by atoms with Crippen LogP contribution >= 0.6 is 0 Å². The maximum atomic E-state index is 11.9. The zero-order chi connectivity index (χ0) is 16.9. The summed E-state index contributed by atoms with van der Waals surface area (Å²) < 4.78 is 1.89. The van der Waals surface area contributed by atoms with Crippen LogP contribution in [-0.2, 0) is 6.54 Å². The molecule has 2 atom stereocenters. The maximum absolute atomic E-state index is 11.9. The zero-order valence-electron chi connectivity index (χ0n) is 13.9. The summed E-state index contributed by atoms with van der Waals surface area (Å²) in [5.74, 6) is 0.177. The monoisotopic (exact) mass is 328 g/mol. The van der Waals surface area contributed by atoms with Crippen LogP contribution in [0.15, 0.2) is 36.7 Å². The minimum absolute atomic E-state index is 0.177. The van der Waals surface area contributed by atoms with Crippen LogP contribution in [0, 0.1) is 12.8 Å². The normalized spacial score (nSPS) is 20.1. The number of hydrogen-bond donors (Lipinski definition) is 3. The van der Waals surface area contributed by atoms with E-state index in [1.807, 2.05) is 48.3 Å². The molecule has 2 amide bonds. The molecule has 1 heterocycles. The van der Waals surface area contributed by atoms with Crippen LogP contribution in [0.3, 0.4) is 0 Å². The lowest BCUT2D eigenvalue weighted by Gasteiger charge is -2.15. The van der Waals surface area contributed by atoms with Crippen molar-refractivity contribution in [2.24, 2.45) is 5.92 Å². The lowest BCUT2D eigenvalue weighted by atomic mass is 10.1. The molecule has 24 heavy (non-hydrogen) atoms. The van der Waals surface area contributed by atoms with Gasteiger partial charge in [0.1, 0.15) is 0 Å². The van der Waals surface area contributed by atoms with Gasteiger partial charge in [-0.05, 0) is 43.0 Å². The number of aliphatic hydroxyl groups is 1. The van der Waals surface area contributed by atoms with Gasteiger partial charge in [-0.2, -0.15) is 5.10 Å². The molecule has 0 unspecified atom stereocenters. The van der Waals surface area contributed by atoms with Crippen molar-refractivity contribution in [2.75, 3.05) is 11.9 Å². The Bertz CT molecular complexity index is 681. The lowest BCUT2D eigenvalue weighted by molar-refractivity contribution is 0.133. The number of aryl methyl sites for hydroxylation is 1. The van der Waals surface area contributed by atoms with Crippen molar-refractivity contribution < 1.29 is 9.90 Å². The van der Waals surface area contributed by atoms with E-state index in [4.69, 9.17) is 0 Å². The van der Waals surface area contributed by atoms with Crippen molar-refractivity contribution >= 4 is 11.7 Å². The van der Waals surface area contributed by atoms with Gasteiger partial charge in [0.25, 0.3) is 0 Å². The fourth-order valence-electron chi connectivity index (χ4n) is 3.09. The molecule has 3 N–H and O–H groups in total. The first-order valence-electron chi connectivity index (χ1n) is 8.41. The first-order chi connectivity index (χ1) is 11.6. The largest absolute Gasteiger partial charge is 0.393 e. The molecule has 6 heteroatoms. The molecule has 3 rings (SSSR count). The fourth-order valence-corrected chi connectivity index (χ4v) is 3.09. The molecule has 128 valence electrons. The average Bonchev–Trinajstić information content (AvgIpc) is 3.15. The van der Waals surface area contributed by atoms with Crippen LogP contribution in [0.5, 0.6) is 0 Å². The molecule has 1 aliphatic carbocycles. The van der Waals surface area contributed by atoms with Gasteiger partial charge in [-0.25, -0.2) is 4.79 Å². The van der Waals surface area contributed by atoms with Crippen molar-refractivity contribution in [2.45, 2.75) is 38.8 Å². The minimum atomic E-state index is -0.282. The summed E-state index contributed by atoms with van der Waals surface area (Å²) in [6, 6.07) is 7.50. The second kappa shape index (κ2) is 7.49. The molecule has 2 aromatic rings. The molecule has 0 bridgehead atoms. The van der Waals surface area contributed by atoms with Crippen LogP contribution in [0.1, 0.15) is 30.4 Å². The summed E-state index contributed by atoms with van der Waals surface area (Å²) in [5.41, 5.74) is 3.01. The Morgan fingerprint density at radius 3 is 2.75 bits per heavy atom. The molecule has 1 saturated carbocycles. The SMILES string of the molecule is Cc1cnn(Cc2ccc(NC(=O)NC[C@H]3CCC[C@H]3O)cc2)c1. The van der Waals surface area contributed by atoms with Gasteiger partial charge in [-0.15, -0.1) is 0 Å². The van der Waals surface area contributed by atoms with E-state index in [1.54, 1.807) is 0 Å². The number of carbonyl (C=O) groups excluding carboxylic acids is 1. The molecule has 1 fully saturated rings. The minimum Gasteiger partial charge on any atom is -0.393 e. The zero-order valence-corrected chi connectivity index (χ0v) is 13.9. The molecule has 1 aliphatic rings. The first kappa shape index (κ1) is 16.5. The van der Waals surface area contributed by atoms with E-state index in [2.05, 4.69) is 15.7 Å². The van der Waals surface area contributed by atoms with Crippen LogP contribution in [0.4, 0.5) is 10.5 Å². The molecular formula is C18H24N4O2. The number of rotatable bonds is 5. The van der Waals surface area contributed by atoms with E-state index in [-0.39, 0.29) is 18.1 Å². The van der Waals surface area contributed by atoms with Crippen LogP contribution in [-0.4, -0.2) is 33.6 Å². The van der Waals surface area contributed by atoms with Gasteiger partial charge in [-0.1, -0.05) is 18.6 Å². The number of aromatic nitrogens is 2. The van der Waals surface area contributed by atoms with Gasteiger partial charge >= 0.3 is 6.03 Å². The number of benzene rings is 1. The number of urea groups is 1. The quantitative estimate of drug-likeness (QED) is 0.789. The standard InChI is InChI=1S/C18H24N4O2/c1-13-9-20-22(11-13)12-14-5-7-16(8-6-14)21-18(24)19-10-15-3-2-4-17(15)23/h5-9,11,15,17,23H,2-4,10,12H2,1H3,(H2,19,21,24)/t15-,17-/m1/s1. The third-order valence-electron chi connectivity index (χ3n) is 4.46. The molecule has 6 nitrogen and oxygen atoms in total. The third-order valence-corrected chi connectivity index (χ3v) is 4.46. The van der Waals surface area contributed by atoms with Crippen molar-refractivity contribution in [3.8, 4) is 0 Å². The van der Waals surface area contributed by atoms with E-state index in [1.165, 1.54) is 0 Å². The van der Waals surface area contributed by atoms with Crippen LogP contribution in [0.25, 0.3) is 0 Å². The Hall–Kier alpha value is -2.34. The molecule has 0 aliphatic heterocycles. The molecular weight excluding hydrogens is 304 g/mol. The van der Waals surface area contributed by atoms with Gasteiger partial charge in [-0.3, -0.25) is 4.68 Å². The first-order valence-corrected chi connectivity index (χ1v) is 8.41. The van der Waals surface area contributed by atoms with E-state index < -0.39 is 0 Å². The van der Waals surface area contributed by atoms with Crippen molar-refractivity contribution in [3.63, 3.8) is 0 Å². The van der Waals surface area contributed by atoms with E-state index in [0.717, 1.165) is 36.1 Å². The number of carbonyl (C=O) groups is 1. The van der Waals surface area contributed by atoms with Gasteiger partial charge in [0.15, 0.2) is 0 Å². The second-order valence-electron chi connectivity index (χ2n) is 6.51. The summed E-state index contributed by atoms with van der Waals surface area (Å²) in [7, 11) is 0. The van der Waals surface area contributed by atoms with E-state index in [9.17, 15) is 9.90 Å². The van der Waals surface area contributed by atoms with Crippen LogP contribution < -0.4 is 10.6 Å². The number of anilines is 1. The van der Waals surface area contributed by atoms with E-state index in [0.29, 0.717) is 13.1 Å². The van der Waals surface area contributed by atoms with Gasteiger partial charge in [0.2, 0.25) is 0 Å². The third kappa shape index (κ3) is 4.35. The summed E-state index contributed by atoms with van der Waals surface area (Å²) in [6.07, 6.45) is 6.40. The summed E-state index contributed by atoms with van der Waals surface area (Å²) in [6.45, 7) is 3.24.